The Labute approximate surface area is 123 Å². The van der Waals surface area contributed by atoms with Gasteiger partial charge in [-0.15, -0.1) is 0 Å². The molecule has 0 unspecified atom stereocenters. The van der Waals surface area contributed by atoms with Gasteiger partial charge in [-0.2, -0.15) is 0 Å². The lowest BCUT2D eigenvalue weighted by molar-refractivity contribution is 0.284. The van der Waals surface area contributed by atoms with Crippen molar-refractivity contribution in [2.75, 3.05) is 7.11 Å². The van der Waals surface area contributed by atoms with Crippen LogP contribution in [0.2, 0.25) is 0 Å². The van der Waals surface area contributed by atoms with Gasteiger partial charge in [0.1, 0.15) is 6.61 Å². The van der Waals surface area contributed by atoms with Gasteiger partial charge in [-0.3, -0.25) is 0 Å². The summed E-state index contributed by atoms with van der Waals surface area (Å²) in [5, 5.41) is 11.6. The minimum atomic E-state index is 0.0858. The Morgan fingerprint density at radius 3 is 2.48 bits per heavy atom. The van der Waals surface area contributed by atoms with Crippen molar-refractivity contribution in [1.29, 1.82) is 0 Å². The molecule has 110 valence electrons. The number of hydrogen-bond acceptors (Lipinski definition) is 4. The fourth-order valence-electron chi connectivity index (χ4n) is 1.88. The largest absolute Gasteiger partial charge is 0.493 e. The van der Waals surface area contributed by atoms with Crippen LogP contribution in [-0.2, 0) is 6.61 Å². The topological polar surface area (TPSA) is 77.1 Å². The molecule has 0 aliphatic heterocycles. The normalized spacial score (nSPS) is 11.2. The molecule has 2 aromatic carbocycles. The van der Waals surface area contributed by atoms with Gasteiger partial charge < -0.3 is 20.4 Å². The van der Waals surface area contributed by atoms with Crippen LogP contribution < -0.4 is 15.2 Å². The Bertz CT molecular complexity index is 636. The van der Waals surface area contributed by atoms with Gasteiger partial charge in [0.25, 0.3) is 0 Å². The number of oxime groups is 1. The van der Waals surface area contributed by atoms with Crippen molar-refractivity contribution in [3.8, 4) is 11.5 Å². The van der Waals surface area contributed by atoms with E-state index in [0.717, 1.165) is 11.1 Å². The molecule has 2 aromatic rings. The zero-order valence-corrected chi connectivity index (χ0v) is 12.0. The minimum absolute atomic E-state index is 0.0858. The van der Waals surface area contributed by atoms with Crippen LogP contribution in [0.3, 0.4) is 0 Å². The predicted molar refractivity (Wildman–Crippen MR) is 81.0 cm³/mol. The smallest absolute Gasteiger partial charge is 0.170 e. The standard InChI is InChI=1S/C16H18N2O3/c1-11-3-8-14(15(9-11)20-2)21-10-12-4-6-13(7-5-12)16(17)18-19/h3-9,19H,10H2,1-2H3,(H2,17,18). The van der Waals surface area contributed by atoms with E-state index in [9.17, 15) is 0 Å². The summed E-state index contributed by atoms with van der Waals surface area (Å²) in [4.78, 5) is 0. The molecule has 5 heteroatoms. The van der Waals surface area contributed by atoms with Crippen LogP contribution in [0.4, 0.5) is 0 Å². The van der Waals surface area contributed by atoms with Crippen molar-refractivity contribution < 1.29 is 14.7 Å². The van der Waals surface area contributed by atoms with Crippen LogP contribution in [0, 0.1) is 6.92 Å². The first-order valence-electron chi connectivity index (χ1n) is 6.48. The van der Waals surface area contributed by atoms with Gasteiger partial charge in [-0.1, -0.05) is 35.5 Å². The van der Waals surface area contributed by atoms with E-state index in [-0.39, 0.29) is 5.84 Å². The Balaban J connectivity index is 2.06. The fraction of sp³-hybridized carbons (Fsp3) is 0.188. The van der Waals surface area contributed by atoms with Crippen LogP contribution in [0.5, 0.6) is 11.5 Å². The molecule has 0 aliphatic rings. The molecule has 0 amide bonds. The zero-order valence-electron chi connectivity index (χ0n) is 12.0. The maximum absolute atomic E-state index is 8.61. The number of aryl methyl sites for hydroxylation is 1. The van der Waals surface area contributed by atoms with Crippen LogP contribution >= 0.6 is 0 Å². The lowest BCUT2D eigenvalue weighted by atomic mass is 10.1. The number of nitrogens with zero attached hydrogens (tertiary/aromatic N) is 1. The number of hydrogen-bond donors (Lipinski definition) is 2. The second-order valence-electron chi connectivity index (χ2n) is 4.63. The summed E-state index contributed by atoms with van der Waals surface area (Å²) in [6.45, 7) is 2.41. The molecular weight excluding hydrogens is 268 g/mol. The third kappa shape index (κ3) is 3.66. The molecule has 0 aliphatic carbocycles. The number of amidine groups is 1. The van der Waals surface area contributed by atoms with E-state index in [2.05, 4.69) is 5.16 Å². The summed E-state index contributed by atoms with van der Waals surface area (Å²) in [5.74, 6) is 1.49. The lowest BCUT2D eigenvalue weighted by Gasteiger charge is -2.11. The number of ether oxygens (including phenoxy) is 2. The Kier molecular flexibility index (Phi) is 4.66. The van der Waals surface area contributed by atoms with Crippen molar-refractivity contribution >= 4 is 5.84 Å². The predicted octanol–water partition coefficient (Wildman–Crippen LogP) is 2.68. The Morgan fingerprint density at radius 2 is 1.86 bits per heavy atom. The number of methoxy groups -OCH3 is 1. The third-order valence-corrected chi connectivity index (χ3v) is 3.07. The zero-order chi connectivity index (χ0) is 15.2. The van der Waals surface area contributed by atoms with Gasteiger partial charge in [-0.25, -0.2) is 0 Å². The van der Waals surface area contributed by atoms with Crippen molar-refractivity contribution in [3.05, 3.63) is 59.2 Å². The average molecular weight is 286 g/mol. The highest BCUT2D eigenvalue weighted by Crippen LogP contribution is 2.28. The van der Waals surface area contributed by atoms with E-state index in [1.807, 2.05) is 37.3 Å². The molecule has 0 radical (unpaired) electrons. The summed E-state index contributed by atoms with van der Waals surface area (Å²) in [7, 11) is 1.62. The number of benzene rings is 2. The van der Waals surface area contributed by atoms with E-state index in [0.29, 0.717) is 23.7 Å². The van der Waals surface area contributed by atoms with E-state index in [4.69, 9.17) is 20.4 Å². The second-order valence-corrected chi connectivity index (χ2v) is 4.63. The summed E-state index contributed by atoms with van der Waals surface area (Å²) < 4.78 is 11.1. The maximum atomic E-state index is 8.61. The van der Waals surface area contributed by atoms with E-state index < -0.39 is 0 Å². The van der Waals surface area contributed by atoms with Crippen LogP contribution in [-0.4, -0.2) is 18.2 Å². The highest BCUT2D eigenvalue weighted by Gasteiger charge is 2.05. The maximum Gasteiger partial charge on any atom is 0.170 e. The highest BCUT2D eigenvalue weighted by molar-refractivity contribution is 5.96. The molecule has 0 saturated carbocycles. The summed E-state index contributed by atoms with van der Waals surface area (Å²) in [5.41, 5.74) is 8.27. The van der Waals surface area contributed by atoms with Gasteiger partial charge in [0, 0.05) is 5.56 Å². The first-order valence-corrected chi connectivity index (χ1v) is 6.48. The molecule has 0 fully saturated rings. The number of nitrogens with two attached hydrogens (primary N) is 1. The summed E-state index contributed by atoms with van der Waals surface area (Å²) >= 11 is 0. The lowest BCUT2D eigenvalue weighted by Crippen LogP contribution is -2.12. The molecule has 0 spiro atoms. The van der Waals surface area contributed by atoms with Gasteiger partial charge in [0.15, 0.2) is 17.3 Å². The molecular formula is C16H18N2O3. The molecule has 0 saturated heterocycles. The monoisotopic (exact) mass is 286 g/mol. The molecule has 21 heavy (non-hydrogen) atoms. The summed E-state index contributed by atoms with van der Waals surface area (Å²) in [6.07, 6.45) is 0. The third-order valence-electron chi connectivity index (χ3n) is 3.07. The van der Waals surface area contributed by atoms with E-state index >= 15 is 0 Å². The van der Waals surface area contributed by atoms with Crippen LogP contribution in [0.1, 0.15) is 16.7 Å². The molecule has 0 bridgehead atoms. The van der Waals surface area contributed by atoms with Crippen LogP contribution in [0.25, 0.3) is 0 Å². The van der Waals surface area contributed by atoms with Crippen LogP contribution in [0.15, 0.2) is 47.6 Å². The quantitative estimate of drug-likeness (QED) is 0.383. The van der Waals surface area contributed by atoms with Gasteiger partial charge in [0.2, 0.25) is 0 Å². The van der Waals surface area contributed by atoms with E-state index in [1.54, 1.807) is 19.2 Å². The molecule has 0 atom stereocenters. The first-order chi connectivity index (χ1) is 10.1. The van der Waals surface area contributed by atoms with Crippen molar-refractivity contribution in [3.63, 3.8) is 0 Å². The molecule has 0 heterocycles. The van der Waals surface area contributed by atoms with Gasteiger partial charge in [-0.05, 0) is 30.2 Å². The fourth-order valence-corrected chi connectivity index (χ4v) is 1.88. The highest BCUT2D eigenvalue weighted by atomic mass is 16.5. The Morgan fingerprint density at radius 1 is 1.14 bits per heavy atom. The van der Waals surface area contributed by atoms with Gasteiger partial charge in [0.05, 0.1) is 7.11 Å². The molecule has 3 N–H and O–H groups in total. The van der Waals surface area contributed by atoms with E-state index in [1.165, 1.54) is 0 Å². The van der Waals surface area contributed by atoms with Crippen molar-refractivity contribution in [2.24, 2.45) is 10.9 Å². The minimum Gasteiger partial charge on any atom is -0.493 e. The molecule has 5 nitrogen and oxygen atoms in total. The average Bonchev–Trinajstić information content (AvgIpc) is 2.53. The first kappa shape index (κ1) is 14.7. The van der Waals surface area contributed by atoms with Crippen molar-refractivity contribution in [2.45, 2.75) is 13.5 Å². The Hall–Kier alpha value is -2.69. The molecule has 0 aromatic heterocycles. The SMILES string of the molecule is COc1cc(C)ccc1OCc1ccc(/C(N)=N/O)cc1. The van der Waals surface area contributed by atoms with Crippen molar-refractivity contribution in [1.82, 2.24) is 0 Å². The van der Waals surface area contributed by atoms with Gasteiger partial charge >= 0.3 is 0 Å². The second kappa shape index (κ2) is 6.65. The number of rotatable bonds is 5. The molecule has 2 rings (SSSR count). The summed E-state index contributed by atoms with van der Waals surface area (Å²) in [6, 6.07) is 13.1.